The Morgan fingerprint density at radius 2 is 2.33 bits per heavy atom. The van der Waals surface area contributed by atoms with Crippen molar-refractivity contribution in [2.75, 3.05) is 0 Å². The number of rotatable bonds is 3. The van der Waals surface area contributed by atoms with Gasteiger partial charge in [-0.3, -0.25) is 4.98 Å². The molecule has 4 heteroatoms. The maximum Gasteiger partial charge on any atom is 0.111 e. The zero-order valence-electron chi connectivity index (χ0n) is 8.54. The van der Waals surface area contributed by atoms with E-state index in [4.69, 9.17) is 0 Å². The second-order valence-electron chi connectivity index (χ2n) is 3.46. The normalized spacial score (nSPS) is 12.7. The Bertz CT molecular complexity index is 424. The van der Waals surface area contributed by atoms with Crippen molar-refractivity contribution in [3.05, 3.63) is 48.3 Å². The van der Waals surface area contributed by atoms with Crippen LogP contribution in [-0.4, -0.2) is 19.6 Å². The number of pyridine rings is 1. The van der Waals surface area contributed by atoms with Gasteiger partial charge in [0.25, 0.3) is 0 Å². The fraction of sp³-hybridized carbons (Fsp3) is 0.273. The molecule has 0 aliphatic carbocycles. The summed E-state index contributed by atoms with van der Waals surface area (Å²) in [5.41, 5.74) is 0.820. The van der Waals surface area contributed by atoms with Crippen LogP contribution in [0.2, 0.25) is 0 Å². The molecule has 0 amide bonds. The molecule has 0 saturated heterocycles. The van der Waals surface area contributed by atoms with Gasteiger partial charge in [0.2, 0.25) is 0 Å². The van der Waals surface area contributed by atoms with E-state index >= 15 is 0 Å². The lowest BCUT2D eigenvalue weighted by molar-refractivity contribution is 0.174. The molecule has 2 aromatic heterocycles. The summed E-state index contributed by atoms with van der Waals surface area (Å²) < 4.78 is 1.90. The summed E-state index contributed by atoms with van der Waals surface area (Å²) >= 11 is 0. The molecule has 1 atom stereocenters. The largest absolute Gasteiger partial charge is 0.388 e. The van der Waals surface area contributed by atoms with Crippen LogP contribution in [0.15, 0.2) is 36.9 Å². The minimum absolute atomic E-state index is 0.509. The highest BCUT2D eigenvalue weighted by Crippen LogP contribution is 2.15. The quantitative estimate of drug-likeness (QED) is 0.812. The number of aliphatic hydroxyl groups excluding tert-OH is 1. The van der Waals surface area contributed by atoms with Crippen LogP contribution in [0, 0.1) is 0 Å². The highest BCUT2D eigenvalue weighted by Gasteiger charge is 2.10. The summed E-state index contributed by atoms with van der Waals surface area (Å²) in [5.74, 6) is 0.867. The molecule has 0 fully saturated rings. The Hall–Kier alpha value is -1.68. The van der Waals surface area contributed by atoms with E-state index in [9.17, 15) is 5.11 Å². The van der Waals surface area contributed by atoms with Gasteiger partial charge in [0.1, 0.15) is 5.82 Å². The van der Waals surface area contributed by atoms with Gasteiger partial charge in [0, 0.05) is 38.3 Å². The summed E-state index contributed by atoms with van der Waals surface area (Å²) in [6.45, 7) is 0. The topological polar surface area (TPSA) is 50.9 Å². The van der Waals surface area contributed by atoms with Crippen LogP contribution in [-0.2, 0) is 13.5 Å². The third-order valence-corrected chi connectivity index (χ3v) is 2.37. The Kier molecular flexibility index (Phi) is 2.78. The van der Waals surface area contributed by atoms with Crippen molar-refractivity contribution in [2.45, 2.75) is 12.5 Å². The minimum Gasteiger partial charge on any atom is -0.388 e. The van der Waals surface area contributed by atoms with Gasteiger partial charge in [-0.05, 0) is 11.6 Å². The first-order valence-corrected chi connectivity index (χ1v) is 4.81. The molecule has 0 aliphatic heterocycles. The van der Waals surface area contributed by atoms with E-state index in [0.717, 1.165) is 11.4 Å². The van der Waals surface area contributed by atoms with E-state index in [0.29, 0.717) is 6.42 Å². The molecule has 0 radical (unpaired) electrons. The predicted molar refractivity (Wildman–Crippen MR) is 56.1 cm³/mol. The molecule has 1 N–H and O–H groups in total. The monoisotopic (exact) mass is 203 g/mol. The van der Waals surface area contributed by atoms with Gasteiger partial charge in [0.05, 0.1) is 6.10 Å². The van der Waals surface area contributed by atoms with Crippen molar-refractivity contribution in [1.29, 1.82) is 0 Å². The molecule has 2 aromatic rings. The molecular formula is C11H13N3O. The Labute approximate surface area is 88.2 Å². The van der Waals surface area contributed by atoms with Gasteiger partial charge in [-0.1, -0.05) is 6.07 Å². The predicted octanol–water partition coefficient (Wildman–Crippen LogP) is 1.09. The molecule has 2 rings (SSSR count). The van der Waals surface area contributed by atoms with E-state index in [1.807, 2.05) is 29.9 Å². The average molecular weight is 203 g/mol. The standard InChI is InChI=1S/C11H13N3O/c1-14-6-5-13-11(14)7-10(15)9-3-2-4-12-8-9/h2-6,8,10,15H,7H2,1H3. The highest BCUT2D eigenvalue weighted by molar-refractivity contribution is 5.13. The minimum atomic E-state index is -0.542. The molecule has 0 saturated carbocycles. The Balaban J connectivity index is 2.11. The smallest absolute Gasteiger partial charge is 0.111 e. The van der Waals surface area contributed by atoms with E-state index in [-0.39, 0.29) is 0 Å². The maximum atomic E-state index is 9.92. The van der Waals surface area contributed by atoms with Gasteiger partial charge < -0.3 is 9.67 Å². The van der Waals surface area contributed by atoms with Crippen molar-refractivity contribution < 1.29 is 5.11 Å². The van der Waals surface area contributed by atoms with Crippen molar-refractivity contribution in [2.24, 2.45) is 7.05 Å². The van der Waals surface area contributed by atoms with E-state index < -0.39 is 6.10 Å². The first kappa shape index (κ1) is 9.86. The third kappa shape index (κ3) is 2.22. The lowest BCUT2D eigenvalue weighted by Crippen LogP contribution is -2.06. The van der Waals surface area contributed by atoms with Crippen LogP contribution in [0.25, 0.3) is 0 Å². The first-order valence-electron chi connectivity index (χ1n) is 4.81. The van der Waals surface area contributed by atoms with Crippen LogP contribution in [0.4, 0.5) is 0 Å². The molecule has 78 valence electrons. The molecular weight excluding hydrogens is 190 g/mol. The van der Waals surface area contributed by atoms with Crippen molar-refractivity contribution in [3.8, 4) is 0 Å². The van der Waals surface area contributed by atoms with Crippen LogP contribution < -0.4 is 0 Å². The second-order valence-corrected chi connectivity index (χ2v) is 3.46. The summed E-state index contributed by atoms with van der Waals surface area (Å²) in [6.07, 6.45) is 6.93. The number of aliphatic hydroxyl groups is 1. The zero-order chi connectivity index (χ0) is 10.7. The summed E-state index contributed by atoms with van der Waals surface area (Å²) in [6, 6.07) is 3.68. The van der Waals surface area contributed by atoms with Crippen molar-refractivity contribution in [1.82, 2.24) is 14.5 Å². The van der Waals surface area contributed by atoms with Crippen LogP contribution in [0.1, 0.15) is 17.5 Å². The zero-order valence-corrected chi connectivity index (χ0v) is 8.54. The Morgan fingerprint density at radius 1 is 1.47 bits per heavy atom. The van der Waals surface area contributed by atoms with Gasteiger partial charge in [-0.15, -0.1) is 0 Å². The number of nitrogens with zero attached hydrogens (tertiary/aromatic N) is 3. The molecule has 0 aliphatic rings. The van der Waals surface area contributed by atoms with Crippen LogP contribution in [0.5, 0.6) is 0 Å². The van der Waals surface area contributed by atoms with E-state index in [2.05, 4.69) is 9.97 Å². The van der Waals surface area contributed by atoms with Crippen molar-refractivity contribution >= 4 is 0 Å². The van der Waals surface area contributed by atoms with Crippen LogP contribution in [0.3, 0.4) is 0 Å². The molecule has 15 heavy (non-hydrogen) atoms. The lowest BCUT2D eigenvalue weighted by Gasteiger charge is -2.09. The highest BCUT2D eigenvalue weighted by atomic mass is 16.3. The molecule has 0 spiro atoms. The third-order valence-electron chi connectivity index (χ3n) is 2.37. The Morgan fingerprint density at radius 3 is 2.93 bits per heavy atom. The van der Waals surface area contributed by atoms with E-state index in [1.165, 1.54) is 0 Å². The fourth-order valence-corrected chi connectivity index (χ4v) is 1.46. The fourth-order valence-electron chi connectivity index (χ4n) is 1.46. The molecule has 4 nitrogen and oxygen atoms in total. The summed E-state index contributed by atoms with van der Waals surface area (Å²) in [4.78, 5) is 8.13. The van der Waals surface area contributed by atoms with E-state index in [1.54, 1.807) is 18.6 Å². The first-order chi connectivity index (χ1) is 7.27. The van der Waals surface area contributed by atoms with Gasteiger partial charge in [-0.2, -0.15) is 0 Å². The van der Waals surface area contributed by atoms with Gasteiger partial charge in [0.15, 0.2) is 0 Å². The maximum absolute atomic E-state index is 9.92. The number of imidazole rings is 1. The number of hydrogen-bond acceptors (Lipinski definition) is 3. The number of hydrogen-bond donors (Lipinski definition) is 1. The molecule has 2 heterocycles. The molecule has 0 aromatic carbocycles. The number of aromatic nitrogens is 3. The summed E-state index contributed by atoms with van der Waals surface area (Å²) in [7, 11) is 1.91. The van der Waals surface area contributed by atoms with Crippen molar-refractivity contribution in [3.63, 3.8) is 0 Å². The molecule has 0 bridgehead atoms. The lowest BCUT2D eigenvalue weighted by atomic mass is 10.1. The number of aryl methyl sites for hydroxylation is 1. The SMILES string of the molecule is Cn1ccnc1CC(O)c1cccnc1. The van der Waals surface area contributed by atoms with Gasteiger partial charge in [-0.25, -0.2) is 4.98 Å². The summed E-state index contributed by atoms with van der Waals surface area (Å²) in [5, 5.41) is 9.92. The second kappa shape index (κ2) is 4.23. The van der Waals surface area contributed by atoms with Crippen LogP contribution >= 0.6 is 0 Å². The molecule has 1 unspecified atom stereocenters. The average Bonchev–Trinajstić information content (AvgIpc) is 2.66. The van der Waals surface area contributed by atoms with Gasteiger partial charge >= 0.3 is 0 Å².